The van der Waals surface area contributed by atoms with Gasteiger partial charge in [0.2, 0.25) is 0 Å². The van der Waals surface area contributed by atoms with E-state index in [4.69, 9.17) is 9.84 Å². The first kappa shape index (κ1) is 15.7. The number of ether oxygens (including phenoxy) is 1. The summed E-state index contributed by atoms with van der Waals surface area (Å²) in [5.41, 5.74) is 0.668. The average molecular weight is 313 g/mol. The Hall–Kier alpha value is -1.67. The van der Waals surface area contributed by atoms with Crippen molar-refractivity contribution in [3.63, 3.8) is 0 Å². The Labute approximate surface area is 126 Å². The van der Waals surface area contributed by atoms with Crippen LogP contribution in [0.2, 0.25) is 0 Å². The fourth-order valence-corrected chi connectivity index (χ4v) is 3.24. The van der Waals surface area contributed by atoms with Gasteiger partial charge in [-0.3, -0.25) is 9.59 Å². The third kappa shape index (κ3) is 3.70. The highest BCUT2D eigenvalue weighted by atomic mass is 32.1. The number of hydrogen-bond acceptors (Lipinski definition) is 6. The molecular weight excluding hydrogens is 294 g/mol. The third-order valence-corrected chi connectivity index (χ3v) is 4.32. The number of carbonyl (C=O) groups excluding carboxylic acids is 1. The lowest BCUT2D eigenvalue weighted by molar-refractivity contribution is -0.139. The molecule has 2 N–H and O–H groups in total. The normalized spacial score (nSPS) is 18.6. The molecule has 1 aliphatic rings. The van der Waals surface area contributed by atoms with E-state index in [0.29, 0.717) is 28.9 Å². The minimum absolute atomic E-state index is 0.107. The number of amides is 1. The van der Waals surface area contributed by atoms with Crippen LogP contribution < -0.4 is 5.32 Å². The van der Waals surface area contributed by atoms with E-state index < -0.39 is 12.0 Å². The van der Waals surface area contributed by atoms with Crippen LogP contribution >= 0.6 is 11.3 Å². The van der Waals surface area contributed by atoms with Crippen LogP contribution in [0.1, 0.15) is 28.7 Å². The molecule has 0 saturated carbocycles. The molecule has 0 spiro atoms. The second-order valence-electron chi connectivity index (χ2n) is 4.79. The topological polar surface area (TPSA) is 91.8 Å². The molecule has 1 atom stereocenters. The number of nitrogens with one attached hydrogen (secondary N) is 1. The van der Waals surface area contributed by atoms with Crippen molar-refractivity contribution in [1.82, 2.24) is 9.88 Å². The van der Waals surface area contributed by atoms with E-state index in [2.05, 4.69) is 10.3 Å². The van der Waals surface area contributed by atoms with Gasteiger partial charge in [0.05, 0.1) is 31.4 Å². The maximum Gasteiger partial charge on any atom is 0.305 e. The van der Waals surface area contributed by atoms with Gasteiger partial charge in [-0.15, -0.1) is 0 Å². The van der Waals surface area contributed by atoms with E-state index in [9.17, 15) is 9.59 Å². The van der Waals surface area contributed by atoms with Crippen molar-refractivity contribution in [2.24, 2.45) is 0 Å². The molecule has 116 valence electrons. The fraction of sp³-hybridized carbons (Fsp3) is 0.615. The van der Waals surface area contributed by atoms with E-state index >= 15 is 0 Å². The van der Waals surface area contributed by atoms with Crippen molar-refractivity contribution in [3.8, 4) is 0 Å². The van der Waals surface area contributed by atoms with Crippen molar-refractivity contribution >= 4 is 28.3 Å². The number of hydrogen-bond donors (Lipinski definition) is 2. The second-order valence-corrected chi connectivity index (χ2v) is 5.79. The van der Waals surface area contributed by atoms with Crippen LogP contribution in [0, 0.1) is 6.92 Å². The summed E-state index contributed by atoms with van der Waals surface area (Å²) in [5, 5.41) is 12.7. The van der Waals surface area contributed by atoms with Crippen LogP contribution in [0.3, 0.4) is 0 Å². The van der Waals surface area contributed by atoms with E-state index in [-0.39, 0.29) is 18.9 Å². The SMILES string of the molecule is CCNc1nc(C)c(C(=O)N2CCOC[C@@H]2CC(=O)O)s1. The molecular formula is C13H19N3O4S. The molecule has 0 unspecified atom stereocenters. The fourth-order valence-electron chi connectivity index (χ4n) is 2.24. The van der Waals surface area contributed by atoms with E-state index in [1.165, 1.54) is 11.3 Å². The molecule has 2 heterocycles. The lowest BCUT2D eigenvalue weighted by Gasteiger charge is -2.34. The number of thiazole rings is 1. The summed E-state index contributed by atoms with van der Waals surface area (Å²) in [6.07, 6.45) is -0.107. The summed E-state index contributed by atoms with van der Waals surface area (Å²) in [6, 6.07) is -0.423. The average Bonchev–Trinajstić information content (AvgIpc) is 2.79. The molecule has 1 saturated heterocycles. The molecule has 1 aromatic rings. The van der Waals surface area contributed by atoms with Crippen molar-refractivity contribution in [2.45, 2.75) is 26.3 Å². The maximum atomic E-state index is 12.7. The lowest BCUT2D eigenvalue weighted by atomic mass is 10.1. The Morgan fingerprint density at radius 3 is 3.00 bits per heavy atom. The third-order valence-electron chi connectivity index (χ3n) is 3.22. The van der Waals surface area contributed by atoms with Gasteiger partial charge in [0.1, 0.15) is 4.88 Å². The van der Waals surface area contributed by atoms with Gasteiger partial charge in [0.15, 0.2) is 5.13 Å². The zero-order valence-corrected chi connectivity index (χ0v) is 12.9. The van der Waals surface area contributed by atoms with Crippen molar-refractivity contribution in [1.29, 1.82) is 0 Å². The molecule has 8 heteroatoms. The number of morpholine rings is 1. The van der Waals surface area contributed by atoms with E-state index in [0.717, 1.165) is 6.54 Å². The van der Waals surface area contributed by atoms with Gasteiger partial charge in [-0.25, -0.2) is 4.98 Å². The largest absolute Gasteiger partial charge is 0.481 e. The van der Waals surface area contributed by atoms with Gasteiger partial charge >= 0.3 is 5.97 Å². The molecule has 0 aromatic carbocycles. The summed E-state index contributed by atoms with van der Waals surface area (Å²) in [4.78, 5) is 30.0. The highest BCUT2D eigenvalue weighted by Gasteiger charge is 2.31. The van der Waals surface area contributed by atoms with E-state index in [1.54, 1.807) is 11.8 Å². The van der Waals surface area contributed by atoms with Crippen LogP contribution in [0.5, 0.6) is 0 Å². The standard InChI is InChI=1S/C13H19N3O4S/c1-3-14-13-15-8(2)11(21-13)12(19)16-4-5-20-7-9(16)6-10(17)18/h9H,3-7H2,1-2H3,(H,14,15)(H,17,18)/t9-/m0/s1. The molecule has 1 aliphatic heterocycles. The van der Waals surface area contributed by atoms with Crippen LogP contribution in [0.25, 0.3) is 0 Å². The van der Waals surface area contributed by atoms with Gasteiger partial charge in [0, 0.05) is 13.1 Å². The number of aromatic nitrogens is 1. The number of carbonyl (C=O) groups is 2. The van der Waals surface area contributed by atoms with Gasteiger partial charge in [-0.05, 0) is 13.8 Å². The summed E-state index contributed by atoms with van der Waals surface area (Å²) in [7, 11) is 0. The van der Waals surface area contributed by atoms with Crippen LogP contribution in [0.4, 0.5) is 5.13 Å². The number of carboxylic acids is 1. The van der Waals surface area contributed by atoms with Crippen molar-refractivity contribution in [2.75, 3.05) is 31.6 Å². The molecule has 1 amide bonds. The molecule has 0 bridgehead atoms. The predicted molar refractivity (Wildman–Crippen MR) is 78.9 cm³/mol. The highest BCUT2D eigenvalue weighted by molar-refractivity contribution is 7.17. The summed E-state index contributed by atoms with van der Waals surface area (Å²) < 4.78 is 5.29. The van der Waals surface area contributed by atoms with Crippen LogP contribution in [-0.4, -0.2) is 59.2 Å². The maximum absolute atomic E-state index is 12.7. The van der Waals surface area contributed by atoms with E-state index in [1.807, 2.05) is 6.92 Å². The highest BCUT2D eigenvalue weighted by Crippen LogP contribution is 2.25. The summed E-state index contributed by atoms with van der Waals surface area (Å²) >= 11 is 1.31. The smallest absolute Gasteiger partial charge is 0.305 e. The van der Waals surface area contributed by atoms with Gasteiger partial charge in [-0.1, -0.05) is 11.3 Å². The second kappa shape index (κ2) is 6.86. The quantitative estimate of drug-likeness (QED) is 0.848. The number of aryl methyl sites for hydroxylation is 1. The Bertz CT molecular complexity index is 531. The molecule has 1 fully saturated rings. The lowest BCUT2D eigenvalue weighted by Crippen LogP contribution is -2.49. The Morgan fingerprint density at radius 1 is 1.57 bits per heavy atom. The Kier molecular flexibility index (Phi) is 5.13. The Morgan fingerprint density at radius 2 is 2.33 bits per heavy atom. The monoisotopic (exact) mass is 313 g/mol. The summed E-state index contributed by atoms with van der Waals surface area (Å²) in [5.74, 6) is -1.10. The zero-order chi connectivity index (χ0) is 15.4. The molecule has 0 aliphatic carbocycles. The first-order valence-corrected chi connectivity index (χ1v) is 7.66. The van der Waals surface area contributed by atoms with Gasteiger partial charge in [-0.2, -0.15) is 0 Å². The summed E-state index contributed by atoms with van der Waals surface area (Å²) in [6.45, 7) is 5.58. The minimum Gasteiger partial charge on any atom is -0.481 e. The number of anilines is 1. The van der Waals surface area contributed by atoms with Gasteiger partial charge < -0.3 is 20.1 Å². The zero-order valence-electron chi connectivity index (χ0n) is 12.1. The van der Waals surface area contributed by atoms with Crippen LogP contribution in [0.15, 0.2) is 0 Å². The van der Waals surface area contributed by atoms with Crippen molar-refractivity contribution in [3.05, 3.63) is 10.6 Å². The van der Waals surface area contributed by atoms with Gasteiger partial charge in [0.25, 0.3) is 5.91 Å². The minimum atomic E-state index is -0.933. The predicted octanol–water partition coefficient (Wildman–Crippen LogP) is 1.20. The molecule has 1 aromatic heterocycles. The van der Waals surface area contributed by atoms with Crippen molar-refractivity contribution < 1.29 is 19.4 Å². The number of nitrogens with zero attached hydrogens (tertiary/aromatic N) is 2. The number of carboxylic acid groups (broad SMARTS) is 1. The number of aliphatic carboxylic acids is 1. The number of rotatable bonds is 5. The molecule has 7 nitrogen and oxygen atoms in total. The molecule has 21 heavy (non-hydrogen) atoms. The van der Waals surface area contributed by atoms with Crippen LogP contribution in [-0.2, 0) is 9.53 Å². The first-order chi connectivity index (χ1) is 10.0. The first-order valence-electron chi connectivity index (χ1n) is 6.84. The Balaban J connectivity index is 2.18. The molecule has 0 radical (unpaired) electrons. The molecule has 2 rings (SSSR count).